The summed E-state index contributed by atoms with van der Waals surface area (Å²) in [5, 5.41) is 0.483. The molecule has 0 saturated heterocycles. The monoisotopic (exact) mass is 282 g/mol. The number of carbonyl (C=O) groups is 1. The van der Waals surface area contributed by atoms with Crippen molar-refractivity contribution in [3.8, 4) is 0 Å². The average molecular weight is 283 g/mol. The number of carbonyl (C=O) groups excluding carboxylic acids is 1. The van der Waals surface area contributed by atoms with Crippen LogP contribution in [-0.4, -0.2) is 23.8 Å². The Kier molecular flexibility index (Phi) is 11.2. The third-order valence-electron chi connectivity index (χ3n) is 2.86. The summed E-state index contributed by atoms with van der Waals surface area (Å²) in [4.78, 5) is 10.9. The van der Waals surface area contributed by atoms with Crippen molar-refractivity contribution in [2.75, 3.05) is 7.11 Å². The van der Waals surface area contributed by atoms with Gasteiger partial charge in [-0.05, 0) is 32.1 Å². The van der Waals surface area contributed by atoms with E-state index in [9.17, 15) is 4.79 Å². The Morgan fingerprint density at radius 1 is 1.06 bits per heavy atom. The summed E-state index contributed by atoms with van der Waals surface area (Å²) in [5.41, 5.74) is 0. The molecule has 0 aliphatic rings. The zero-order chi connectivity index (χ0) is 13.1. The van der Waals surface area contributed by atoms with Crippen LogP contribution in [0.25, 0.3) is 0 Å². The molecule has 0 bridgehead atoms. The highest BCUT2D eigenvalue weighted by Crippen LogP contribution is 2.19. The first-order valence-electron chi connectivity index (χ1n) is 6.45. The van der Waals surface area contributed by atoms with Crippen molar-refractivity contribution < 1.29 is 9.53 Å². The van der Waals surface area contributed by atoms with E-state index in [1.54, 1.807) is 0 Å². The van der Waals surface area contributed by atoms with Gasteiger partial charge in [-0.1, -0.05) is 19.8 Å². The van der Waals surface area contributed by atoms with Crippen LogP contribution in [-0.2, 0) is 9.53 Å². The fourth-order valence-electron chi connectivity index (χ4n) is 1.62. The number of methoxy groups -OCH3 is 1. The van der Waals surface area contributed by atoms with Crippen LogP contribution in [0, 0.1) is 0 Å². The molecule has 0 aromatic rings. The number of hydrogen-bond acceptors (Lipinski definition) is 2. The van der Waals surface area contributed by atoms with E-state index in [4.69, 9.17) is 23.2 Å². The van der Waals surface area contributed by atoms with Crippen LogP contribution in [0.2, 0.25) is 0 Å². The summed E-state index contributed by atoms with van der Waals surface area (Å²) < 4.78 is 4.58. The molecule has 0 radical (unpaired) electrons. The van der Waals surface area contributed by atoms with Crippen molar-refractivity contribution in [2.24, 2.45) is 0 Å². The molecule has 0 spiro atoms. The van der Waals surface area contributed by atoms with Gasteiger partial charge in [-0.15, -0.1) is 23.2 Å². The first-order chi connectivity index (χ1) is 8.10. The van der Waals surface area contributed by atoms with E-state index in [0.717, 1.165) is 44.9 Å². The first-order valence-corrected chi connectivity index (χ1v) is 7.32. The third kappa shape index (κ3) is 10.9. The highest BCUT2D eigenvalue weighted by molar-refractivity contribution is 6.21. The van der Waals surface area contributed by atoms with Gasteiger partial charge < -0.3 is 4.74 Å². The van der Waals surface area contributed by atoms with Gasteiger partial charge in [0.05, 0.1) is 7.11 Å². The lowest BCUT2D eigenvalue weighted by Crippen LogP contribution is -2.04. The summed E-state index contributed by atoms with van der Waals surface area (Å²) in [5.74, 6) is -0.125. The van der Waals surface area contributed by atoms with E-state index in [2.05, 4.69) is 11.7 Å². The van der Waals surface area contributed by atoms with Gasteiger partial charge in [0.2, 0.25) is 0 Å². The lowest BCUT2D eigenvalue weighted by atomic mass is 10.1. The zero-order valence-corrected chi connectivity index (χ0v) is 12.4. The molecule has 17 heavy (non-hydrogen) atoms. The molecule has 0 aliphatic heterocycles. The van der Waals surface area contributed by atoms with Crippen LogP contribution in [0.1, 0.15) is 58.3 Å². The van der Waals surface area contributed by atoms with Crippen LogP contribution in [0.4, 0.5) is 0 Å². The van der Waals surface area contributed by atoms with Gasteiger partial charge in [-0.3, -0.25) is 4.79 Å². The lowest BCUT2D eigenvalue weighted by Gasteiger charge is -2.11. The number of esters is 1. The summed E-state index contributed by atoms with van der Waals surface area (Å²) in [7, 11) is 1.42. The Morgan fingerprint density at radius 2 is 1.71 bits per heavy atom. The number of hydrogen-bond donors (Lipinski definition) is 0. The third-order valence-corrected chi connectivity index (χ3v) is 3.83. The fraction of sp³-hybridized carbons (Fsp3) is 0.923. The molecular weight excluding hydrogens is 259 g/mol. The van der Waals surface area contributed by atoms with Gasteiger partial charge in [-0.2, -0.15) is 0 Å². The summed E-state index contributed by atoms with van der Waals surface area (Å²) in [6, 6.07) is 0. The molecule has 0 N–H and O–H groups in total. The molecule has 0 aliphatic carbocycles. The summed E-state index contributed by atoms with van der Waals surface area (Å²) in [6.45, 7) is 2.09. The van der Waals surface area contributed by atoms with E-state index in [1.807, 2.05) is 0 Å². The fourth-order valence-corrected chi connectivity index (χ4v) is 2.03. The zero-order valence-electron chi connectivity index (χ0n) is 10.9. The highest BCUT2D eigenvalue weighted by atomic mass is 35.5. The van der Waals surface area contributed by atoms with Crippen molar-refractivity contribution in [3.05, 3.63) is 0 Å². The van der Waals surface area contributed by atoms with Crippen LogP contribution in [0.5, 0.6) is 0 Å². The minimum Gasteiger partial charge on any atom is -0.469 e. The standard InChI is InChI=1S/C13H24Cl2O2/c1-3-11(14)9-10-12(15)7-5-4-6-8-13(16)17-2/h11-12H,3-10H2,1-2H3. The molecule has 102 valence electrons. The number of halogens is 2. The van der Waals surface area contributed by atoms with E-state index in [1.165, 1.54) is 7.11 Å². The Balaban J connectivity index is 3.33. The van der Waals surface area contributed by atoms with Gasteiger partial charge in [0.25, 0.3) is 0 Å². The first kappa shape index (κ1) is 17.1. The molecule has 2 atom stereocenters. The van der Waals surface area contributed by atoms with Crippen molar-refractivity contribution in [2.45, 2.75) is 69.0 Å². The average Bonchev–Trinajstić information content (AvgIpc) is 2.34. The second-order valence-corrected chi connectivity index (χ2v) is 5.59. The van der Waals surface area contributed by atoms with E-state index < -0.39 is 0 Å². The van der Waals surface area contributed by atoms with Crippen LogP contribution < -0.4 is 0 Å². The number of ether oxygens (including phenoxy) is 1. The second-order valence-electron chi connectivity index (χ2n) is 4.36. The molecule has 0 aromatic carbocycles. The van der Waals surface area contributed by atoms with Crippen LogP contribution in [0.15, 0.2) is 0 Å². The SMILES string of the molecule is CCC(Cl)CCC(Cl)CCCCCC(=O)OC. The maximum absolute atomic E-state index is 10.9. The largest absolute Gasteiger partial charge is 0.469 e. The normalized spacial score (nSPS) is 14.4. The molecule has 0 saturated carbocycles. The smallest absolute Gasteiger partial charge is 0.305 e. The second kappa shape index (κ2) is 11.2. The Bertz CT molecular complexity index is 198. The van der Waals surface area contributed by atoms with E-state index in [-0.39, 0.29) is 16.7 Å². The van der Waals surface area contributed by atoms with E-state index >= 15 is 0 Å². The maximum Gasteiger partial charge on any atom is 0.305 e. The molecule has 0 heterocycles. The van der Waals surface area contributed by atoms with Crippen molar-refractivity contribution in [1.82, 2.24) is 0 Å². The summed E-state index contributed by atoms with van der Waals surface area (Å²) in [6.07, 6.45) is 7.52. The number of unbranched alkanes of at least 4 members (excludes halogenated alkanes) is 2. The molecule has 0 rings (SSSR count). The Morgan fingerprint density at radius 3 is 2.29 bits per heavy atom. The molecule has 2 nitrogen and oxygen atoms in total. The van der Waals surface area contributed by atoms with Crippen molar-refractivity contribution in [1.29, 1.82) is 0 Å². The van der Waals surface area contributed by atoms with Gasteiger partial charge in [0, 0.05) is 17.2 Å². The van der Waals surface area contributed by atoms with E-state index in [0.29, 0.717) is 6.42 Å². The Labute approximate surface area is 115 Å². The van der Waals surface area contributed by atoms with Crippen LogP contribution in [0.3, 0.4) is 0 Å². The van der Waals surface area contributed by atoms with Gasteiger partial charge in [-0.25, -0.2) is 0 Å². The maximum atomic E-state index is 10.9. The molecule has 0 fully saturated rings. The van der Waals surface area contributed by atoms with Crippen molar-refractivity contribution >= 4 is 29.2 Å². The molecule has 0 amide bonds. The number of rotatable bonds is 10. The van der Waals surface area contributed by atoms with Gasteiger partial charge in [0.15, 0.2) is 0 Å². The quantitative estimate of drug-likeness (QED) is 0.335. The topological polar surface area (TPSA) is 26.3 Å². The van der Waals surface area contributed by atoms with Gasteiger partial charge >= 0.3 is 5.97 Å². The molecular formula is C13H24Cl2O2. The van der Waals surface area contributed by atoms with Crippen LogP contribution >= 0.6 is 23.2 Å². The molecule has 0 aromatic heterocycles. The predicted octanol–water partition coefficient (Wildman–Crippen LogP) is 4.51. The molecule has 2 unspecified atom stereocenters. The minimum atomic E-state index is -0.125. The lowest BCUT2D eigenvalue weighted by molar-refractivity contribution is -0.140. The summed E-state index contributed by atoms with van der Waals surface area (Å²) >= 11 is 12.2. The van der Waals surface area contributed by atoms with Crippen molar-refractivity contribution in [3.63, 3.8) is 0 Å². The highest BCUT2D eigenvalue weighted by Gasteiger charge is 2.08. The minimum absolute atomic E-state index is 0.125. The van der Waals surface area contributed by atoms with Gasteiger partial charge in [0.1, 0.15) is 0 Å². The molecule has 4 heteroatoms. The number of alkyl halides is 2. The predicted molar refractivity (Wildman–Crippen MR) is 73.9 cm³/mol. The Hall–Kier alpha value is 0.0500.